The molecule has 0 amide bonds. The third kappa shape index (κ3) is 7.34. The Balaban J connectivity index is 1.23. The van der Waals surface area contributed by atoms with Crippen LogP contribution in [0.25, 0.3) is 89.2 Å². The Hall–Kier alpha value is -7.69. The Morgan fingerprint density at radius 2 is 1.03 bits per heavy atom. The third-order valence-corrected chi connectivity index (χ3v) is 12.5. The van der Waals surface area contributed by atoms with Crippen molar-refractivity contribution in [2.45, 2.75) is 39.0 Å². The van der Waals surface area contributed by atoms with Crippen molar-refractivity contribution in [3.63, 3.8) is 0 Å². The minimum Gasteiger partial charge on any atom is -0.308 e. The van der Waals surface area contributed by atoms with E-state index >= 15 is 0 Å². The number of aryl methyl sites for hydroxylation is 2. The summed E-state index contributed by atoms with van der Waals surface area (Å²) in [5.41, 5.74) is 16.9. The standard InChI is InChI=1S/C59H46N4/c1-39-23-33-54-52(35-39)53-36-40(2)24-34-55(53)63(54)56-50(45-29-25-43(26-30-45)41-15-7-3-8-16-41)37-49(38-51(56)46-31-27-44(28-32-46)42-17-9-4-10-18-42)59-61-57(47-19-11-5-12-20-47)60-58(62-59)48-21-13-6-14-22-48/h3-5,7-13,15-17,19-38,42H,6,14,18H2,1-2H3. The molecule has 0 spiro atoms. The van der Waals surface area contributed by atoms with Crippen molar-refractivity contribution < 1.29 is 0 Å². The fourth-order valence-corrected chi connectivity index (χ4v) is 9.28. The first-order valence-electron chi connectivity index (χ1n) is 22.0. The van der Waals surface area contributed by atoms with Crippen molar-refractivity contribution in [2.24, 2.45) is 0 Å². The molecule has 0 aliphatic heterocycles. The molecule has 0 saturated heterocycles. The summed E-state index contributed by atoms with van der Waals surface area (Å²) >= 11 is 0. The predicted molar refractivity (Wildman–Crippen MR) is 263 cm³/mol. The van der Waals surface area contributed by atoms with E-state index in [9.17, 15) is 0 Å². The quantitative estimate of drug-likeness (QED) is 0.154. The lowest BCUT2D eigenvalue weighted by Crippen LogP contribution is -2.05. The fourth-order valence-electron chi connectivity index (χ4n) is 9.28. The average molecular weight is 811 g/mol. The van der Waals surface area contributed by atoms with Gasteiger partial charge in [0.1, 0.15) is 0 Å². The third-order valence-electron chi connectivity index (χ3n) is 12.5. The molecule has 2 aromatic heterocycles. The lowest BCUT2D eigenvalue weighted by atomic mass is 9.89. The van der Waals surface area contributed by atoms with Gasteiger partial charge in [-0.3, -0.25) is 0 Å². The van der Waals surface area contributed by atoms with Crippen LogP contribution < -0.4 is 0 Å². The lowest BCUT2D eigenvalue weighted by Gasteiger charge is -2.22. The maximum absolute atomic E-state index is 5.30. The van der Waals surface area contributed by atoms with Crippen molar-refractivity contribution in [3.05, 3.63) is 223 Å². The largest absolute Gasteiger partial charge is 0.308 e. The second-order valence-electron chi connectivity index (χ2n) is 16.8. The Labute approximate surface area is 369 Å². The van der Waals surface area contributed by atoms with E-state index in [2.05, 4.69) is 200 Å². The summed E-state index contributed by atoms with van der Waals surface area (Å²) in [6.45, 7) is 4.37. The molecule has 0 fully saturated rings. The normalized spacial score (nSPS) is 14.7. The van der Waals surface area contributed by atoms with Crippen LogP contribution in [-0.2, 0) is 0 Å². The summed E-state index contributed by atoms with van der Waals surface area (Å²) in [7, 11) is 0. The van der Waals surface area contributed by atoms with Crippen molar-refractivity contribution in [1.29, 1.82) is 0 Å². The first kappa shape index (κ1) is 38.2. The zero-order valence-electron chi connectivity index (χ0n) is 35.5. The van der Waals surface area contributed by atoms with Gasteiger partial charge in [-0.25, -0.2) is 15.0 Å². The summed E-state index contributed by atoms with van der Waals surface area (Å²) in [6.07, 6.45) is 18.4. The zero-order valence-corrected chi connectivity index (χ0v) is 35.5. The van der Waals surface area contributed by atoms with E-state index in [-0.39, 0.29) is 0 Å². The first-order valence-corrected chi connectivity index (χ1v) is 22.0. The van der Waals surface area contributed by atoms with Gasteiger partial charge < -0.3 is 4.57 Å². The Kier molecular flexibility index (Phi) is 9.90. The van der Waals surface area contributed by atoms with E-state index in [1.54, 1.807) is 0 Å². The number of allylic oxidation sites excluding steroid dienone is 8. The number of hydrogen-bond donors (Lipinski definition) is 0. The number of aromatic nitrogens is 4. The van der Waals surface area contributed by atoms with Crippen LogP contribution in [-0.4, -0.2) is 19.5 Å². The van der Waals surface area contributed by atoms with Gasteiger partial charge in [0.25, 0.3) is 0 Å². The maximum Gasteiger partial charge on any atom is 0.164 e. The number of hydrogen-bond acceptors (Lipinski definition) is 3. The van der Waals surface area contributed by atoms with Crippen molar-refractivity contribution in [2.75, 3.05) is 0 Å². The van der Waals surface area contributed by atoms with Crippen LogP contribution in [0.5, 0.6) is 0 Å². The Morgan fingerprint density at radius 3 is 1.62 bits per heavy atom. The topological polar surface area (TPSA) is 43.6 Å². The molecule has 2 aliphatic carbocycles. The van der Waals surface area contributed by atoms with Crippen molar-refractivity contribution >= 4 is 27.4 Å². The van der Waals surface area contributed by atoms with Crippen LogP contribution >= 0.6 is 0 Å². The second-order valence-corrected chi connectivity index (χ2v) is 16.8. The Bertz CT molecular complexity index is 3230. The highest BCUT2D eigenvalue weighted by atomic mass is 15.0. The van der Waals surface area contributed by atoms with Crippen LogP contribution in [0.1, 0.15) is 47.7 Å². The minimum absolute atomic E-state index is 0.348. The molecule has 0 N–H and O–H groups in total. The van der Waals surface area contributed by atoms with Gasteiger partial charge in [-0.05, 0) is 97.3 Å². The molecule has 1 unspecified atom stereocenters. The van der Waals surface area contributed by atoms with Gasteiger partial charge in [0.2, 0.25) is 0 Å². The first-order chi connectivity index (χ1) is 31.0. The molecule has 9 aromatic rings. The molecular formula is C59H46N4. The molecule has 0 radical (unpaired) electrons. The van der Waals surface area contributed by atoms with E-state index in [1.165, 1.54) is 38.6 Å². The second kappa shape index (κ2) is 16.3. The molecule has 1 atom stereocenters. The summed E-state index contributed by atoms with van der Waals surface area (Å²) in [4.78, 5) is 15.7. The maximum atomic E-state index is 5.30. The summed E-state index contributed by atoms with van der Waals surface area (Å²) < 4.78 is 2.50. The minimum atomic E-state index is 0.348. The van der Waals surface area contributed by atoms with E-state index in [0.717, 1.165) is 74.9 Å². The molecule has 4 nitrogen and oxygen atoms in total. The van der Waals surface area contributed by atoms with Gasteiger partial charge in [0.05, 0.1) is 16.7 Å². The summed E-state index contributed by atoms with van der Waals surface area (Å²) in [6, 6.07) is 57.5. The van der Waals surface area contributed by atoms with Crippen LogP contribution in [0.15, 0.2) is 200 Å². The SMILES string of the molecule is Cc1ccc2c(c1)c1cc(C)ccc1n2-c1c(-c2ccc(-c3ccccc3)cc2)cc(-c2nc(C3=CCCC=C3)nc(-c3ccccc3)n2)cc1-c1ccc(C2C=CC=CC2)cc1. The molecule has 0 bridgehead atoms. The van der Waals surface area contributed by atoms with Crippen LogP contribution in [0.3, 0.4) is 0 Å². The molecule has 63 heavy (non-hydrogen) atoms. The van der Waals surface area contributed by atoms with E-state index in [4.69, 9.17) is 15.0 Å². The van der Waals surface area contributed by atoms with Crippen molar-refractivity contribution in [3.8, 4) is 61.8 Å². The number of benzene rings is 7. The van der Waals surface area contributed by atoms with Gasteiger partial charge in [-0.1, -0.05) is 175 Å². The smallest absolute Gasteiger partial charge is 0.164 e. The van der Waals surface area contributed by atoms with Crippen molar-refractivity contribution in [1.82, 2.24) is 19.5 Å². The van der Waals surface area contributed by atoms with Gasteiger partial charge in [-0.2, -0.15) is 0 Å². The van der Waals surface area contributed by atoms with E-state index < -0.39 is 0 Å². The van der Waals surface area contributed by atoms with Crippen LogP contribution in [0.4, 0.5) is 0 Å². The van der Waals surface area contributed by atoms with E-state index in [0.29, 0.717) is 23.4 Å². The Morgan fingerprint density at radius 1 is 0.476 bits per heavy atom. The molecule has 2 aliphatic rings. The average Bonchev–Trinajstić information content (AvgIpc) is 3.66. The van der Waals surface area contributed by atoms with Gasteiger partial charge in [0, 0.05) is 44.5 Å². The number of rotatable bonds is 8. The molecule has 302 valence electrons. The molecule has 7 aromatic carbocycles. The van der Waals surface area contributed by atoms with Gasteiger partial charge >= 0.3 is 0 Å². The molecule has 0 saturated carbocycles. The van der Waals surface area contributed by atoms with E-state index in [1.807, 2.05) is 18.2 Å². The molecule has 4 heteroatoms. The summed E-state index contributed by atoms with van der Waals surface area (Å²) in [5, 5.41) is 2.48. The monoisotopic (exact) mass is 810 g/mol. The predicted octanol–water partition coefficient (Wildman–Crippen LogP) is 15.3. The fraction of sp³-hybridized carbons (Fsp3) is 0.102. The lowest BCUT2D eigenvalue weighted by molar-refractivity contribution is 0.854. The highest BCUT2D eigenvalue weighted by Gasteiger charge is 2.24. The number of nitrogens with zero attached hydrogens (tertiary/aromatic N) is 4. The molecule has 2 heterocycles. The van der Waals surface area contributed by atoms with Gasteiger partial charge in [0.15, 0.2) is 17.5 Å². The highest BCUT2D eigenvalue weighted by Crippen LogP contribution is 2.45. The highest BCUT2D eigenvalue weighted by molar-refractivity contribution is 6.11. The van der Waals surface area contributed by atoms with Crippen LogP contribution in [0.2, 0.25) is 0 Å². The number of fused-ring (bicyclic) bond motifs is 3. The zero-order chi connectivity index (χ0) is 42.3. The molecular weight excluding hydrogens is 765 g/mol. The van der Waals surface area contributed by atoms with Crippen LogP contribution in [0, 0.1) is 13.8 Å². The van der Waals surface area contributed by atoms with Gasteiger partial charge in [-0.15, -0.1) is 0 Å². The summed E-state index contributed by atoms with van der Waals surface area (Å²) in [5.74, 6) is 2.32. The molecule has 11 rings (SSSR count).